The minimum atomic E-state index is -5.09. The molecular weight excluding hydrogens is 852 g/mol. The summed E-state index contributed by atoms with van der Waals surface area (Å²) in [5, 5.41) is 13.5. The van der Waals surface area contributed by atoms with Gasteiger partial charge >= 0.3 is 18.5 Å². The molecule has 0 unspecified atom stereocenters. The quantitative estimate of drug-likeness (QED) is 0.162. The number of hydrogen-bond acceptors (Lipinski definition) is 2. The van der Waals surface area contributed by atoms with Gasteiger partial charge in [-0.2, -0.15) is 44.8 Å². The van der Waals surface area contributed by atoms with Gasteiger partial charge in [0.25, 0.3) is 0 Å². The van der Waals surface area contributed by atoms with Crippen molar-refractivity contribution in [3.8, 4) is 50.8 Å². The molecule has 0 aliphatic carbocycles. The molecule has 10 aromatic rings. The van der Waals surface area contributed by atoms with Gasteiger partial charge < -0.3 is 9.13 Å². The number of nitrogens with zero attached hydrogens (tertiary/aromatic N) is 4. The molecule has 0 atom stereocenters. The SMILES string of the molecule is Cc1ccc(-c2ccc3c(c2)c2ccccc2n3-c2cc(C#N)c(-n3c4ccccc4c4cc(-c5ccc(C(F)(F)F)cc5C(F)(F)F)ccc43)cc2-c2ccncc2)c(C(F)(F)F)c1. The zero-order chi connectivity index (χ0) is 45.6. The van der Waals surface area contributed by atoms with Gasteiger partial charge in [-0.25, -0.2) is 0 Å². The lowest BCUT2D eigenvalue weighted by Crippen LogP contribution is -2.12. The number of pyridine rings is 1. The number of para-hydroxylation sites is 2. The Hall–Kier alpha value is -7.85. The molecule has 0 saturated heterocycles. The number of rotatable bonds is 5. The highest BCUT2D eigenvalue weighted by Crippen LogP contribution is 2.46. The molecule has 65 heavy (non-hydrogen) atoms. The van der Waals surface area contributed by atoms with Gasteiger partial charge in [-0.15, -0.1) is 0 Å². The first kappa shape index (κ1) is 41.2. The summed E-state index contributed by atoms with van der Waals surface area (Å²) >= 11 is 0. The van der Waals surface area contributed by atoms with E-state index in [0.29, 0.717) is 72.4 Å². The molecule has 7 aromatic carbocycles. The molecule has 3 aromatic heterocycles. The summed E-state index contributed by atoms with van der Waals surface area (Å²) in [6.45, 7) is 1.61. The molecule has 0 fully saturated rings. The Morgan fingerprint density at radius 3 is 1.49 bits per heavy atom. The van der Waals surface area contributed by atoms with E-state index in [-0.39, 0.29) is 22.8 Å². The van der Waals surface area contributed by atoms with E-state index in [0.717, 1.165) is 23.0 Å². The number of halogens is 9. The van der Waals surface area contributed by atoms with Crippen LogP contribution in [-0.2, 0) is 18.5 Å². The maximum atomic E-state index is 14.4. The monoisotopic (exact) mass is 880 g/mol. The third-order valence-electron chi connectivity index (χ3n) is 11.8. The van der Waals surface area contributed by atoms with E-state index in [1.165, 1.54) is 18.2 Å². The zero-order valence-electron chi connectivity index (χ0n) is 33.7. The van der Waals surface area contributed by atoms with Crippen LogP contribution in [0.2, 0.25) is 0 Å². The number of nitriles is 1. The Morgan fingerprint density at radius 1 is 0.446 bits per heavy atom. The molecule has 0 aliphatic heterocycles. The summed E-state index contributed by atoms with van der Waals surface area (Å²) in [4.78, 5) is 4.22. The summed E-state index contributed by atoms with van der Waals surface area (Å²) in [5.41, 5.74) is 1.97. The summed E-state index contributed by atoms with van der Waals surface area (Å²) in [6.07, 6.45) is -11.4. The van der Waals surface area contributed by atoms with E-state index in [1.54, 1.807) is 92.1 Å². The maximum Gasteiger partial charge on any atom is 0.417 e. The van der Waals surface area contributed by atoms with Gasteiger partial charge in [-0.3, -0.25) is 4.98 Å². The predicted octanol–water partition coefficient (Wildman–Crippen LogP) is 15.5. The molecule has 0 amide bonds. The largest absolute Gasteiger partial charge is 0.417 e. The van der Waals surface area contributed by atoms with Crippen molar-refractivity contribution in [1.29, 1.82) is 5.26 Å². The lowest BCUT2D eigenvalue weighted by molar-refractivity contribution is -0.143. The van der Waals surface area contributed by atoms with Crippen molar-refractivity contribution in [2.24, 2.45) is 0 Å². The van der Waals surface area contributed by atoms with Crippen LogP contribution >= 0.6 is 0 Å². The Labute approximate surface area is 363 Å². The molecule has 0 aliphatic rings. The summed E-state index contributed by atoms with van der Waals surface area (Å²) in [6, 6.07) is 39.6. The first-order valence-corrected chi connectivity index (χ1v) is 20.0. The average Bonchev–Trinajstić information content (AvgIpc) is 3.80. The third kappa shape index (κ3) is 6.93. The fourth-order valence-electron chi connectivity index (χ4n) is 8.95. The number of benzene rings is 7. The second kappa shape index (κ2) is 14.9. The molecular formula is C52H29F9N4. The highest BCUT2D eigenvalue weighted by atomic mass is 19.4. The number of hydrogen-bond donors (Lipinski definition) is 0. The van der Waals surface area contributed by atoms with Crippen LogP contribution in [0.1, 0.15) is 27.8 Å². The lowest BCUT2D eigenvalue weighted by Gasteiger charge is -2.19. The zero-order valence-corrected chi connectivity index (χ0v) is 33.7. The maximum absolute atomic E-state index is 14.4. The molecule has 4 nitrogen and oxygen atoms in total. The number of alkyl halides is 9. The van der Waals surface area contributed by atoms with Gasteiger partial charge in [0.05, 0.1) is 55.7 Å². The van der Waals surface area contributed by atoms with Crippen molar-refractivity contribution in [2.75, 3.05) is 0 Å². The van der Waals surface area contributed by atoms with Crippen LogP contribution in [0, 0.1) is 18.3 Å². The minimum Gasteiger partial charge on any atom is -0.309 e. The first-order chi connectivity index (χ1) is 31.0. The molecule has 13 heteroatoms. The van der Waals surface area contributed by atoms with Gasteiger partial charge in [0.15, 0.2) is 0 Å². The van der Waals surface area contributed by atoms with Gasteiger partial charge in [0.2, 0.25) is 0 Å². The Balaban J connectivity index is 1.22. The van der Waals surface area contributed by atoms with Crippen LogP contribution in [0.5, 0.6) is 0 Å². The fourth-order valence-corrected chi connectivity index (χ4v) is 8.95. The topological polar surface area (TPSA) is 46.5 Å². The fraction of sp³-hybridized carbons (Fsp3) is 0.0769. The lowest BCUT2D eigenvalue weighted by atomic mass is 9.95. The standard InChI is InChI=1S/C52H29F9N4/c1-29-10-14-35(42(22-29)51(56,57)58)31-12-17-47-41(23-31)38-7-3-5-9-45(38)65(47)49-25-33(28-62)48(27-39(49)30-18-20-63-21-19-30)64-44-8-4-2-6-37(44)40-24-32(11-16-46(40)64)36-15-13-34(50(53,54)55)26-43(36)52(59,60)61/h2-27H,1H3. The van der Waals surface area contributed by atoms with Crippen LogP contribution in [0.4, 0.5) is 39.5 Å². The second-order valence-corrected chi connectivity index (χ2v) is 15.7. The smallest absolute Gasteiger partial charge is 0.309 e. The summed E-state index contributed by atoms with van der Waals surface area (Å²) < 4.78 is 131. The molecule has 0 N–H and O–H groups in total. The van der Waals surface area contributed by atoms with Crippen molar-refractivity contribution < 1.29 is 39.5 Å². The Morgan fingerprint density at radius 2 is 0.954 bits per heavy atom. The normalized spacial score (nSPS) is 12.4. The molecule has 3 heterocycles. The van der Waals surface area contributed by atoms with Gasteiger partial charge in [-0.05, 0) is 114 Å². The van der Waals surface area contributed by atoms with Crippen molar-refractivity contribution >= 4 is 43.6 Å². The van der Waals surface area contributed by atoms with Gasteiger partial charge in [0, 0.05) is 39.5 Å². The van der Waals surface area contributed by atoms with Crippen LogP contribution < -0.4 is 0 Å². The molecule has 320 valence electrons. The van der Waals surface area contributed by atoms with Crippen molar-refractivity contribution in [2.45, 2.75) is 25.5 Å². The van der Waals surface area contributed by atoms with E-state index in [9.17, 15) is 44.8 Å². The number of aryl methyl sites for hydroxylation is 1. The molecule has 0 radical (unpaired) electrons. The van der Waals surface area contributed by atoms with Crippen molar-refractivity contribution in [3.63, 3.8) is 0 Å². The Bertz CT molecular complexity index is 3590. The Kier molecular flexibility index (Phi) is 9.42. The van der Waals surface area contributed by atoms with Crippen LogP contribution in [0.25, 0.3) is 88.4 Å². The first-order valence-electron chi connectivity index (χ1n) is 20.0. The van der Waals surface area contributed by atoms with E-state index in [1.807, 2.05) is 39.5 Å². The average molecular weight is 881 g/mol. The van der Waals surface area contributed by atoms with Crippen molar-refractivity contribution in [3.05, 3.63) is 186 Å². The van der Waals surface area contributed by atoms with E-state index < -0.39 is 40.8 Å². The van der Waals surface area contributed by atoms with Crippen LogP contribution in [0.15, 0.2) is 158 Å². The highest BCUT2D eigenvalue weighted by molar-refractivity contribution is 6.12. The van der Waals surface area contributed by atoms with E-state index in [2.05, 4.69) is 11.1 Å². The molecule has 0 saturated carbocycles. The summed E-state index contributed by atoms with van der Waals surface area (Å²) in [5.74, 6) is 0. The summed E-state index contributed by atoms with van der Waals surface area (Å²) in [7, 11) is 0. The number of aromatic nitrogens is 3. The number of fused-ring (bicyclic) bond motifs is 6. The van der Waals surface area contributed by atoms with E-state index >= 15 is 0 Å². The third-order valence-corrected chi connectivity index (χ3v) is 11.8. The van der Waals surface area contributed by atoms with Gasteiger partial charge in [0.1, 0.15) is 6.07 Å². The second-order valence-electron chi connectivity index (χ2n) is 15.7. The van der Waals surface area contributed by atoms with Crippen molar-refractivity contribution in [1.82, 2.24) is 14.1 Å². The van der Waals surface area contributed by atoms with Crippen LogP contribution in [-0.4, -0.2) is 14.1 Å². The molecule has 0 bridgehead atoms. The molecule has 0 spiro atoms. The molecule has 10 rings (SSSR count). The highest BCUT2D eigenvalue weighted by Gasteiger charge is 2.39. The van der Waals surface area contributed by atoms with E-state index in [4.69, 9.17) is 0 Å². The predicted molar refractivity (Wildman–Crippen MR) is 234 cm³/mol. The van der Waals surface area contributed by atoms with Gasteiger partial charge in [-0.1, -0.05) is 72.3 Å². The van der Waals surface area contributed by atoms with Crippen LogP contribution in [0.3, 0.4) is 0 Å². The minimum absolute atomic E-state index is 0.0360.